The molecule has 0 spiro atoms. The van der Waals surface area contributed by atoms with Gasteiger partial charge in [0.2, 0.25) is 0 Å². The van der Waals surface area contributed by atoms with E-state index in [0.717, 1.165) is 18.9 Å². The summed E-state index contributed by atoms with van der Waals surface area (Å²) >= 11 is 11.9. The van der Waals surface area contributed by atoms with E-state index in [9.17, 15) is 4.79 Å². The summed E-state index contributed by atoms with van der Waals surface area (Å²) in [7, 11) is 0. The van der Waals surface area contributed by atoms with Crippen molar-refractivity contribution in [2.45, 2.75) is 38.5 Å². The molecule has 3 nitrogen and oxygen atoms in total. The van der Waals surface area contributed by atoms with Gasteiger partial charge in [-0.25, -0.2) is 0 Å². The standard InChI is InChI=1S/C16H22Cl2N2O/c17-13-8-12(9-14(18)16(13)19)15(21)10-20-7-6-11-4-2-1-3-5-11/h8-9,11,20H,1-7,10,19H2. The van der Waals surface area contributed by atoms with Crippen molar-refractivity contribution in [1.82, 2.24) is 5.32 Å². The van der Waals surface area contributed by atoms with E-state index >= 15 is 0 Å². The number of carbonyl (C=O) groups is 1. The summed E-state index contributed by atoms with van der Waals surface area (Å²) in [5.41, 5.74) is 6.49. The SMILES string of the molecule is Nc1c(Cl)cc(C(=O)CNCCC2CCCCC2)cc1Cl. The summed E-state index contributed by atoms with van der Waals surface area (Å²) in [5, 5.41) is 3.87. The van der Waals surface area contributed by atoms with Crippen LogP contribution < -0.4 is 11.1 Å². The zero-order valence-electron chi connectivity index (χ0n) is 12.1. The molecule has 0 heterocycles. The quantitative estimate of drug-likeness (QED) is 0.464. The summed E-state index contributed by atoms with van der Waals surface area (Å²) in [5.74, 6) is 0.809. The molecule has 0 atom stereocenters. The minimum atomic E-state index is -0.0116. The third-order valence-corrected chi connectivity index (χ3v) is 4.77. The Morgan fingerprint density at radius 2 is 1.81 bits per heavy atom. The number of nitrogens with two attached hydrogens (primary N) is 1. The first-order valence-electron chi connectivity index (χ1n) is 7.56. The predicted octanol–water partition coefficient (Wildman–Crippen LogP) is 4.32. The molecule has 0 saturated heterocycles. The molecule has 1 aromatic carbocycles. The molecule has 1 saturated carbocycles. The number of Topliss-reactive ketones (excluding diaryl/α,β-unsaturated/α-hetero) is 1. The molecule has 1 aromatic rings. The molecule has 3 N–H and O–H groups in total. The number of benzene rings is 1. The van der Waals surface area contributed by atoms with Crippen LogP contribution in [0.15, 0.2) is 12.1 Å². The zero-order valence-corrected chi connectivity index (χ0v) is 13.6. The van der Waals surface area contributed by atoms with Crippen molar-refractivity contribution in [2.75, 3.05) is 18.8 Å². The smallest absolute Gasteiger partial charge is 0.176 e. The number of nitrogen functional groups attached to an aromatic ring is 1. The highest BCUT2D eigenvalue weighted by molar-refractivity contribution is 6.39. The van der Waals surface area contributed by atoms with Gasteiger partial charge in [0, 0.05) is 5.56 Å². The molecule has 1 fully saturated rings. The second kappa shape index (κ2) is 8.02. The van der Waals surface area contributed by atoms with Crippen molar-refractivity contribution in [3.05, 3.63) is 27.7 Å². The molecule has 21 heavy (non-hydrogen) atoms. The van der Waals surface area contributed by atoms with Crippen LogP contribution in [0.3, 0.4) is 0 Å². The number of hydrogen-bond acceptors (Lipinski definition) is 3. The summed E-state index contributed by atoms with van der Waals surface area (Å²) in [6, 6.07) is 3.15. The van der Waals surface area contributed by atoms with Gasteiger partial charge in [-0.15, -0.1) is 0 Å². The first kappa shape index (κ1) is 16.6. The van der Waals surface area contributed by atoms with Gasteiger partial charge in [-0.2, -0.15) is 0 Å². The van der Waals surface area contributed by atoms with E-state index in [0.29, 0.717) is 27.8 Å². The highest BCUT2D eigenvalue weighted by Gasteiger charge is 2.14. The zero-order chi connectivity index (χ0) is 15.2. The summed E-state index contributed by atoms with van der Waals surface area (Å²) in [4.78, 5) is 12.1. The molecule has 0 unspecified atom stereocenters. The maximum Gasteiger partial charge on any atom is 0.176 e. The summed E-state index contributed by atoms with van der Waals surface area (Å²) in [6.45, 7) is 1.19. The van der Waals surface area contributed by atoms with E-state index in [1.165, 1.54) is 32.1 Å². The molecule has 1 aliphatic carbocycles. The Balaban J connectivity index is 1.76. The van der Waals surface area contributed by atoms with Gasteiger partial charge in [0.1, 0.15) is 0 Å². The van der Waals surface area contributed by atoms with Crippen molar-refractivity contribution >= 4 is 34.7 Å². The molecular weight excluding hydrogens is 307 g/mol. The second-order valence-corrected chi connectivity index (χ2v) is 6.56. The van der Waals surface area contributed by atoms with E-state index < -0.39 is 0 Å². The van der Waals surface area contributed by atoms with Crippen molar-refractivity contribution in [3.63, 3.8) is 0 Å². The molecule has 116 valence electrons. The number of rotatable bonds is 6. The van der Waals surface area contributed by atoms with Gasteiger partial charge < -0.3 is 11.1 Å². The Morgan fingerprint density at radius 1 is 1.19 bits per heavy atom. The van der Waals surface area contributed by atoms with Crippen molar-refractivity contribution in [1.29, 1.82) is 0 Å². The first-order valence-corrected chi connectivity index (χ1v) is 8.32. The van der Waals surface area contributed by atoms with Crippen LogP contribution in [0.1, 0.15) is 48.9 Å². The van der Waals surface area contributed by atoms with Gasteiger partial charge >= 0.3 is 0 Å². The van der Waals surface area contributed by atoms with Gasteiger partial charge in [0.05, 0.1) is 22.3 Å². The molecule has 5 heteroatoms. The largest absolute Gasteiger partial charge is 0.396 e. The first-order chi connectivity index (χ1) is 10.1. The highest BCUT2D eigenvalue weighted by atomic mass is 35.5. The fourth-order valence-electron chi connectivity index (χ4n) is 2.83. The highest BCUT2D eigenvalue weighted by Crippen LogP contribution is 2.29. The molecule has 1 aliphatic rings. The predicted molar refractivity (Wildman–Crippen MR) is 89.3 cm³/mol. The topological polar surface area (TPSA) is 55.1 Å². The van der Waals surface area contributed by atoms with Gasteiger partial charge in [-0.1, -0.05) is 55.3 Å². The minimum Gasteiger partial charge on any atom is -0.396 e. The molecule has 0 amide bonds. The maximum absolute atomic E-state index is 12.1. The minimum absolute atomic E-state index is 0.0116. The van der Waals surface area contributed by atoms with E-state index in [1.54, 1.807) is 12.1 Å². The van der Waals surface area contributed by atoms with Crippen LogP contribution in [0.5, 0.6) is 0 Å². The molecule has 2 rings (SSSR count). The van der Waals surface area contributed by atoms with Crippen LogP contribution in [0.2, 0.25) is 10.0 Å². The second-order valence-electron chi connectivity index (χ2n) is 5.75. The third-order valence-electron chi connectivity index (χ3n) is 4.14. The molecule has 0 aromatic heterocycles. The number of anilines is 1. The molecule has 0 radical (unpaired) electrons. The summed E-state index contributed by atoms with van der Waals surface area (Å²) in [6.07, 6.45) is 7.90. The van der Waals surface area contributed by atoms with Crippen LogP contribution in [0.4, 0.5) is 5.69 Å². The lowest BCUT2D eigenvalue weighted by molar-refractivity contribution is 0.0990. The van der Waals surface area contributed by atoms with Crippen molar-refractivity contribution in [3.8, 4) is 0 Å². The Bertz CT molecular complexity index is 476. The molecule has 0 aliphatic heterocycles. The fraction of sp³-hybridized carbons (Fsp3) is 0.562. The van der Waals surface area contributed by atoms with Gasteiger partial charge in [-0.05, 0) is 31.0 Å². The van der Waals surface area contributed by atoms with Crippen LogP contribution in [0, 0.1) is 5.92 Å². The third kappa shape index (κ3) is 4.87. The normalized spacial score (nSPS) is 16.1. The average Bonchev–Trinajstić information content (AvgIpc) is 2.49. The number of halogens is 2. The number of carbonyl (C=O) groups excluding carboxylic acids is 1. The van der Waals surface area contributed by atoms with Gasteiger partial charge in [0.25, 0.3) is 0 Å². The van der Waals surface area contributed by atoms with E-state index in [-0.39, 0.29) is 5.78 Å². The Labute approximate surface area is 136 Å². The monoisotopic (exact) mass is 328 g/mol. The number of nitrogens with one attached hydrogen (secondary N) is 1. The van der Waals surface area contributed by atoms with E-state index in [1.807, 2.05) is 0 Å². The van der Waals surface area contributed by atoms with Crippen LogP contribution in [0.25, 0.3) is 0 Å². The lowest BCUT2D eigenvalue weighted by Crippen LogP contribution is -2.26. The van der Waals surface area contributed by atoms with Gasteiger partial charge in [0.15, 0.2) is 5.78 Å². The van der Waals surface area contributed by atoms with E-state index in [4.69, 9.17) is 28.9 Å². The van der Waals surface area contributed by atoms with Crippen LogP contribution in [-0.2, 0) is 0 Å². The maximum atomic E-state index is 12.1. The Kier molecular flexibility index (Phi) is 6.34. The van der Waals surface area contributed by atoms with Gasteiger partial charge in [-0.3, -0.25) is 4.79 Å². The fourth-order valence-corrected chi connectivity index (χ4v) is 3.32. The van der Waals surface area contributed by atoms with Crippen LogP contribution >= 0.6 is 23.2 Å². The van der Waals surface area contributed by atoms with Crippen molar-refractivity contribution < 1.29 is 4.79 Å². The lowest BCUT2D eigenvalue weighted by Gasteiger charge is -2.21. The lowest BCUT2D eigenvalue weighted by atomic mass is 9.87. The number of ketones is 1. The average molecular weight is 329 g/mol. The summed E-state index contributed by atoms with van der Waals surface area (Å²) < 4.78 is 0. The van der Waals surface area contributed by atoms with Crippen LogP contribution in [-0.4, -0.2) is 18.9 Å². The number of hydrogen-bond donors (Lipinski definition) is 2. The molecule has 0 bridgehead atoms. The molecular formula is C16H22Cl2N2O. The van der Waals surface area contributed by atoms with E-state index in [2.05, 4.69) is 5.32 Å². The Hall–Kier alpha value is -0.770. The van der Waals surface area contributed by atoms with Crippen molar-refractivity contribution in [2.24, 2.45) is 5.92 Å². The Morgan fingerprint density at radius 3 is 2.43 bits per heavy atom.